The number of hydrogen-bond acceptors (Lipinski definition) is 5. The van der Waals surface area contributed by atoms with Gasteiger partial charge in [0.1, 0.15) is 0 Å². The third kappa shape index (κ3) is 4.58. The van der Waals surface area contributed by atoms with Crippen LogP contribution in [0.1, 0.15) is 6.92 Å². The maximum absolute atomic E-state index is 11.7. The zero-order valence-electron chi connectivity index (χ0n) is 9.41. The largest absolute Gasteiger partial charge is 0.350 e. The van der Waals surface area contributed by atoms with Crippen LogP contribution >= 0.6 is 0 Å². The molecule has 1 aromatic rings. The quantitative estimate of drug-likeness (QED) is 0.422. The van der Waals surface area contributed by atoms with Crippen molar-refractivity contribution < 1.29 is 21.4 Å². The number of sulfonamides is 1. The Morgan fingerprint density at radius 1 is 1.22 bits per heavy atom. The lowest BCUT2D eigenvalue weighted by Gasteiger charge is -2.08. The van der Waals surface area contributed by atoms with Crippen LogP contribution in [0.15, 0.2) is 29.2 Å². The molecule has 8 nitrogen and oxygen atoms in total. The molecule has 0 bridgehead atoms. The molecule has 102 valence electrons. The smallest absolute Gasteiger partial charge is 0.306 e. The standard InChI is InChI=1S/C8H13N3O5S2/c1-2-9-17(12,13)8-5-3-4-7(6-8)10-11-18(14,15)16/h3-6,9-11H,2H2,1H3,(H,14,15,16). The van der Waals surface area contributed by atoms with Crippen molar-refractivity contribution in [2.45, 2.75) is 11.8 Å². The second kappa shape index (κ2) is 5.63. The van der Waals surface area contributed by atoms with Crippen molar-refractivity contribution in [3.8, 4) is 0 Å². The van der Waals surface area contributed by atoms with Gasteiger partial charge in [0.25, 0.3) is 0 Å². The molecule has 10 heteroatoms. The SMILES string of the molecule is CCNS(=O)(=O)c1cccc(NNS(=O)(=O)O)c1. The van der Waals surface area contributed by atoms with Crippen LogP contribution in [0.5, 0.6) is 0 Å². The maximum Gasteiger partial charge on any atom is 0.350 e. The Kier molecular flexibility index (Phi) is 4.65. The van der Waals surface area contributed by atoms with E-state index in [2.05, 4.69) is 10.1 Å². The predicted octanol–water partition coefficient (Wildman–Crippen LogP) is -0.296. The van der Waals surface area contributed by atoms with E-state index >= 15 is 0 Å². The van der Waals surface area contributed by atoms with Crippen LogP contribution in [0.2, 0.25) is 0 Å². The fourth-order valence-corrected chi connectivity index (χ4v) is 2.47. The molecule has 1 aromatic carbocycles. The second-order valence-electron chi connectivity index (χ2n) is 3.23. The molecule has 0 radical (unpaired) electrons. The summed E-state index contributed by atoms with van der Waals surface area (Å²) in [5.41, 5.74) is 2.33. The monoisotopic (exact) mass is 295 g/mol. The number of hydrogen-bond donors (Lipinski definition) is 4. The van der Waals surface area contributed by atoms with Crippen LogP contribution in [-0.4, -0.2) is 27.9 Å². The molecule has 4 N–H and O–H groups in total. The van der Waals surface area contributed by atoms with Gasteiger partial charge in [0.2, 0.25) is 10.0 Å². The van der Waals surface area contributed by atoms with Gasteiger partial charge in [0, 0.05) is 6.54 Å². The second-order valence-corrected chi connectivity index (χ2v) is 6.15. The molecule has 18 heavy (non-hydrogen) atoms. The number of rotatable bonds is 6. The lowest BCUT2D eigenvalue weighted by Crippen LogP contribution is -2.29. The van der Waals surface area contributed by atoms with E-state index in [9.17, 15) is 16.8 Å². The van der Waals surface area contributed by atoms with Crippen molar-refractivity contribution in [3.63, 3.8) is 0 Å². The Hall–Kier alpha value is -1.20. The van der Waals surface area contributed by atoms with Crippen LogP contribution in [0, 0.1) is 0 Å². The van der Waals surface area contributed by atoms with Crippen molar-refractivity contribution in [1.29, 1.82) is 0 Å². The molecule has 0 heterocycles. The Labute approximate surface area is 105 Å². The van der Waals surface area contributed by atoms with Crippen molar-refractivity contribution in [3.05, 3.63) is 24.3 Å². The van der Waals surface area contributed by atoms with Crippen LogP contribution < -0.4 is 15.0 Å². The molecule has 0 amide bonds. The minimum Gasteiger partial charge on any atom is -0.306 e. The van der Waals surface area contributed by atoms with Crippen molar-refractivity contribution in [1.82, 2.24) is 9.55 Å². The van der Waals surface area contributed by atoms with E-state index in [1.54, 1.807) is 11.8 Å². The number of anilines is 1. The first kappa shape index (κ1) is 14.9. The molecule has 0 saturated heterocycles. The zero-order valence-corrected chi connectivity index (χ0v) is 11.0. The van der Waals surface area contributed by atoms with Gasteiger partial charge in [-0.3, -0.25) is 4.55 Å². The first-order valence-electron chi connectivity index (χ1n) is 4.84. The summed E-state index contributed by atoms with van der Waals surface area (Å²) in [4.78, 5) is 1.59. The first-order valence-corrected chi connectivity index (χ1v) is 7.77. The van der Waals surface area contributed by atoms with Crippen molar-refractivity contribution in [2.75, 3.05) is 12.0 Å². The molecule has 0 spiro atoms. The van der Waals surface area contributed by atoms with Crippen LogP contribution in [0.25, 0.3) is 0 Å². The minimum absolute atomic E-state index is 0.0218. The molecular weight excluding hydrogens is 282 g/mol. The Morgan fingerprint density at radius 3 is 2.44 bits per heavy atom. The van der Waals surface area contributed by atoms with Gasteiger partial charge < -0.3 is 5.43 Å². The predicted molar refractivity (Wildman–Crippen MR) is 65.6 cm³/mol. The highest BCUT2D eigenvalue weighted by Gasteiger charge is 2.13. The van der Waals surface area contributed by atoms with Crippen LogP contribution in [0.3, 0.4) is 0 Å². The van der Waals surface area contributed by atoms with Gasteiger partial charge in [-0.2, -0.15) is 8.42 Å². The Bertz CT molecular complexity index is 611. The highest BCUT2D eigenvalue weighted by molar-refractivity contribution is 7.89. The van der Waals surface area contributed by atoms with Gasteiger partial charge >= 0.3 is 10.3 Å². The van der Waals surface area contributed by atoms with E-state index in [0.29, 0.717) is 0 Å². The minimum atomic E-state index is -4.41. The third-order valence-electron chi connectivity index (χ3n) is 1.80. The Morgan fingerprint density at radius 2 is 1.89 bits per heavy atom. The molecule has 0 aliphatic carbocycles. The van der Waals surface area contributed by atoms with Crippen LogP contribution in [0.4, 0.5) is 5.69 Å². The van der Waals surface area contributed by atoms with Gasteiger partial charge in [0.15, 0.2) is 0 Å². The lowest BCUT2D eigenvalue weighted by molar-refractivity contribution is 0.473. The maximum atomic E-state index is 11.7. The number of benzene rings is 1. The summed E-state index contributed by atoms with van der Waals surface area (Å²) >= 11 is 0. The number of nitrogens with one attached hydrogen (secondary N) is 3. The highest BCUT2D eigenvalue weighted by atomic mass is 32.2. The summed E-state index contributed by atoms with van der Waals surface area (Å²) in [6.07, 6.45) is 0. The molecular formula is C8H13N3O5S2. The van der Waals surface area contributed by atoms with Gasteiger partial charge in [-0.05, 0) is 18.2 Å². The average molecular weight is 295 g/mol. The van der Waals surface area contributed by atoms with Crippen molar-refractivity contribution >= 4 is 26.0 Å². The molecule has 0 aliphatic heterocycles. The third-order valence-corrected chi connectivity index (χ3v) is 3.71. The van der Waals surface area contributed by atoms with E-state index in [0.717, 1.165) is 0 Å². The molecule has 0 unspecified atom stereocenters. The molecule has 0 saturated carbocycles. The van der Waals surface area contributed by atoms with E-state index in [4.69, 9.17) is 4.55 Å². The molecule has 0 aliphatic rings. The normalized spacial score (nSPS) is 12.3. The Balaban J connectivity index is 2.93. The summed E-state index contributed by atoms with van der Waals surface area (Å²) in [6.45, 7) is 1.88. The first-order chi connectivity index (χ1) is 8.24. The topological polar surface area (TPSA) is 125 Å². The lowest BCUT2D eigenvalue weighted by atomic mass is 10.3. The van der Waals surface area contributed by atoms with E-state index in [1.165, 1.54) is 24.3 Å². The molecule has 1 rings (SSSR count). The van der Waals surface area contributed by atoms with Gasteiger partial charge in [-0.1, -0.05) is 13.0 Å². The van der Waals surface area contributed by atoms with Gasteiger partial charge in [0.05, 0.1) is 10.6 Å². The summed E-state index contributed by atoms with van der Waals surface area (Å²) < 4.78 is 55.0. The summed E-state index contributed by atoms with van der Waals surface area (Å²) in [5, 5.41) is 0. The summed E-state index contributed by atoms with van der Waals surface area (Å²) in [6, 6.07) is 5.44. The van der Waals surface area contributed by atoms with E-state index < -0.39 is 20.3 Å². The van der Waals surface area contributed by atoms with E-state index in [-0.39, 0.29) is 17.1 Å². The zero-order chi connectivity index (χ0) is 13.8. The highest BCUT2D eigenvalue weighted by Crippen LogP contribution is 2.14. The summed E-state index contributed by atoms with van der Waals surface area (Å²) in [7, 11) is -8.02. The van der Waals surface area contributed by atoms with Gasteiger partial charge in [-0.25, -0.2) is 13.1 Å². The molecule has 0 atom stereocenters. The molecule has 0 aromatic heterocycles. The number of hydrazine groups is 1. The summed E-state index contributed by atoms with van der Waals surface area (Å²) in [5.74, 6) is 0. The average Bonchev–Trinajstić information content (AvgIpc) is 2.26. The van der Waals surface area contributed by atoms with E-state index in [1.807, 2.05) is 0 Å². The van der Waals surface area contributed by atoms with Crippen LogP contribution in [-0.2, 0) is 20.3 Å². The van der Waals surface area contributed by atoms with Crippen molar-refractivity contribution in [2.24, 2.45) is 0 Å². The fourth-order valence-electron chi connectivity index (χ4n) is 1.14. The molecule has 0 fully saturated rings. The fraction of sp³-hybridized carbons (Fsp3) is 0.250. The van der Waals surface area contributed by atoms with Gasteiger partial charge in [-0.15, -0.1) is 4.83 Å².